The third-order valence-electron chi connectivity index (χ3n) is 2.74. The molecule has 0 aromatic heterocycles. The highest BCUT2D eigenvalue weighted by molar-refractivity contribution is 5.81. The molecule has 0 bridgehead atoms. The van der Waals surface area contributed by atoms with Crippen molar-refractivity contribution in [3.8, 4) is 0 Å². The van der Waals surface area contributed by atoms with Crippen molar-refractivity contribution in [1.29, 1.82) is 0 Å². The van der Waals surface area contributed by atoms with Crippen molar-refractivity contribution in [2.75, 3.05) is 13.2 Å². The predicted octanol–water partition coefficient (Wildman–Crippen LogP) is 2.76. The Morgan fingerprint density at radius 3 is 2.83 bits per heavy atom. The molecule has 0 radical (unpaired) electrons. The molecular formula is C15H21NO2. The molecule has 0 unspecified atom stereocenters. The molecule has 0 amide bonds. The standard InChI is InChI=1S/C15H21NO2/c1-4-18-15(17)10-7-11-16-13(3)14-9-6-5-8-12(14)2/h5-10,13,16H,4,11H2,1-3H3/b10-7+/t13-/m0/s1. The third-order valence-corrected chi connectivity index (χ3v) is 2.74. The van der Waals surface area contributed by atoms with Gasteiger partial charge in [-0.2, -0.15) is 0 Å². The molecule has 3 heteroatoms. The quantitative estimate of drug-likeness (QED) is 0.620. The Kier molecular flexibility index (Phi) is 6.15. The molecule has 1 aromatic rings. The maximum atomic E-state index is 11.1. The zero-order valence-corrected chi connectivity index (χ0v) is 11.3. The molecule has 0 saturated carbocycles. The lowest BCUT2D eigenvalue weighted by atomic mass is 10.0. The Bertz CT molecular complexity index is 413. The van der Waals surface area contributed by atoms with Crippen LogP contribution in [0.3, 0.4) is 0 Å². The van der Waals surface area contributed by atoms with Gasteiger partial charge in [0.25, 0.3) is 0 Å². The number of hydrogen-bond donors (Lipinski definition) is 1. The molecule has 1 rings (SSSR count). The number of ether oxygens (including phenoxy) is 1. The van der Waals surface area contributed by atoms with Gasteiger partial charge in [-0.25, -0.2) is 4.79 Å². The summed E-state index contributed by atoms with van der Waals surface area (Å²) in [6, 6.07) is 8.55. The predicted molar refractivity (Wildman–Crippen MR) is 73.4 cm³/mol. The largest absolute Gasteiger partial charge is 0.463 e. The van der Waals surface area contributed by atoms with E-state index in [1.54, 1.807) is 13.0 Å². The Balaban J connectivity index is 2.40. The van der Waals surface area contributed by atoms with Gasteiger partial charge in [0.15, 0.2) is 0 Å². The summed E-state index contributed by atoms with van der Waals surface area (Å²) in [6.45, 7) is 7.07. The molecule has 1 aromatic carbocycles. The summed E-state index contributed by atoms with van der Waals surface area (Å²) in [5, 5.41) is 3.34. The fraction of sp³-hybridized carbons (Fsp3) is 0.400. The van der Waals surface area contributed by atoms with E-state index in [0.29, 0.717) is 13.2 Å². The van der Waals surface area contributed by atoms with E-state index in [4.69, 9.17) is 4.74 Å². The first kappa shape index (κ1) is 14.5. The summed E-state index contributed by atoms with van der Waals surface area (Å²) in [4.78, 5) is 11.1. The molecule has 1 atom stereocenters. The average molecular weight is 247 g/mol. The Morgan fingerprint density at radius 2 is 2.17 bits per heavy atom. The Morgan fingerprint density at radius 1 is 1.44 bits per heavy atom. The monoisotopic (exact) mass is 247 g/mol. The first-order valence-electron chi connectivity index (χ1n) is 6.27. The van der Waals surface area contributed by atoms with E-state index in [2.05, 4.69) is 31.3 Å². The molecule has 3 nitrogen and oxygen atoms in total. The number of rotatable bonds is 6. The van der Waals surface area contributed by atoms with Gasteiger partial charge < -0.3 is 10.1 Å². The zero-order valence-electron chi connectivity index (χ0n) is 11.3. The summed E-state index contributed by atoms with van der Waals surface area (Å²) in [5.74, 6) is -0.289. The van der Waals surface area contributed by atoms with E-state index in [-0.39, 0.29) is 12.0 Å². The van der Waals surface area contributed by atoms with Crippen LogP contribution in [0, 0.1) is 6.92 Å². The number of aryl methyl sites for hydroxylation is 1. The van der Waals surface area contributed by atoms with Gasteiger partial charge in [-0.3, -0.25) is 0 Å². The van der Waals surface area contributed by atoms with E-state index in [9.17, 15) is 4.79 Å². The summed E-state index contributed by atoms with van der Waals surface area (Å²) in [6.07, 6.45) is 3.24. The number of carbonyl (C=O) groups is 1. The molecule has 0 aliphatic rings. The van der Waals surface area contributed by atoms with Crippen molar-refractivity contribution in [3.63, 3.8) is 0 Å². The Labute approximate surface area is 109 Å². The minimum absolute atomic E-state index is 0.262. The first-order valence-corrected chi connectivity index (χ1v) is 6.27. The average Bonchev–Trinajstić information content (AvgIpc) is 2.35. The van der Waals surface area contributed by atoms with Crippen LogP contribution in [0.15, 0.2) is 36.4 Å². The van der Waals surface area contributed by atoms with Crippen LogP contribution in [0.25, 0.3) is 0 Å². The van der Waals surface area contributed by atoms with Gasteiger partial charge in [0.2, 0.25) is 0 Å². The number of hydrogen-bond acceptors (Lipinski definition) is 3. The van der Waals surface area contributed by atoms with Crippen LogP contribution in [0.4, 0.5) is 0 Å². The van der Waals surface area contributed by atoms with Crippen molar-refractivity contribution in [1.82, 2.24) is 5.32 Å². The van der Waals surface area contributed by atoms with E-state index in [1.807, 2.05) is 12.1 Å². The third kappa shape index (κ3) is 4.72. The van der Waals surface area contributed by atoms with Crippen molar-refractivity contribution in [2.45, 2.75) is 26.8 Å². The van der Waals surface area contributed by atoms with Crippen molar-refractivity contribution < 1.29 is 9.53 Å². The summed E-state index contributed by atoms with van der Waals surface area (Å²) in [7, 11) is 0. The summed E-state index contributed by atoms with van der Waals surface area (Å²) in [5.41, 5.74) is 2.55. The first-order chi connectivity index (χ1) is 8.65. The molecule has 18 heavy (non-hydrogen) atoms. The normalized spacial score (nSPS) is 12.6. The smallest absolute Gasteiger partial charge is 0.330 e. The summed E-state index contributed by atoms with van der Waals surface area (Å²) >= 11 is 0. The maximum Gasteiger partial charge on any atom is 0.330 e. The topological polar surface area (TPSA) is 38.3 Å². The van der Waals surface area contributed by atoms with E-state index < -0.39 is 0 Å². The zero-order chi connectivity index (χ0) is 13.4. The molecule has 0 saturated heterocycles. The second-order valence-corrected chi connectivity index (χ2v) is 4.14. The van der Waals surface area contributed by atoms with Crippen molar-refractivity contribution >= 4 is 5.97 Å². The molecule has 98 valence electrons. The minimum Gasteiger partial charge on any atom is -0.463 e. The molecule has 0 aliphatic carbocycles. The fourth-order valence-electron chi connectivity index (χ4n) is 1.77. The van der Waals surface area contributed by atoms with Gasteiger partial charge in [-0.15, -0.1) is 0 Å². The van der Waals surface area contributed by atoms with Crippen LogP contribution in [0.5, 0.6) is 0 Å². The van der Waals surface area contributed by atoms with Crippen LogP contribution in [-0.4, -0.2) is 19.1 Å². The number of benzene rings is 1. The highest BCUT2D eigenvalue weighted by atomic mass is 16.5. The van der Waals surface area contributed by atoms with Crippen molar-refractivity contribution in [2.24, 2.45) is 0 Å². The fourth-order valence-corrected chi connectivity index (χ4v) is 1.77. The van der Waals surface area contributed by atoms with E-state index >= 15 is 0 Å². The van der Waals surface area contributed by atoms with Crippen LogP contribution >= 0.6 is 0 Å². The molecule has 0 aliphatic heterocycles. The Hall–Kier alpha value is -1.61. The van der Waals surface area contributed by atoms with Crippen LogP contribution in [0.1, 0.15) is 31.0 Å². The maximum absolute atomic E-state index is 11.1. The molecule has 0 spiro atoms. The number of nitrogens with one attached hydrogen (secondary N) is 1. The van der Waals surface area contributed by atoms with Gasteiger partial charge in [-0.1, -0.05) is 30.3 Å². The van der Waals surface area contributed by atoms with Gasteiger partial charge >= 0.3 is 5.97 Å². The lowest BCUT2D eigenvalue weighted by Gasteiger charge is -2.15. The molecule has 1 N–H and O–H groups in total. The molecule has 0 fully saturated rings. The summed E-state index contributed by atoms with van der Waals surface area (Å²) < 4.78 is 4.80. The van der Waals surface area contributed by atoms with Crippen LogP contribution in [0.2, 0.25) is 0 Å². The highest BCUT2D eigenvalue weighted by Crippen LogP contribution is 2.16. The second kappa shape index (κ2) is 7.67. The van der Waals surface area contributed by atoms with E-state index in [0.717, 1.165) is 0 Å². The van der Waals surface area contributed by atoms with Crippen LogP contribution < -0.4 is 5.32 Å². The second-order valence-electron chi connectivity index (χ2n) is 4.14. The van der Waals surface area contributed by atoms with Crippen molar-refractivity contribution in [3.05, 3.63) is 47.5 Å². The number of carbonyl (C=O) groups excluding carboxylic acids is 1. The molecule has 0 heterocycles. The van der Waals surface area contributed by atoms with Gasteiger partial charge in [0, 0.05) is 18.7 Å². The van der Waals surface area contributed by atoms with Gasteiger partial charge in [0.1, 0.15) is 0 Å². The van der Waals surface area contributed by atoms with Gasteiger partial charge in [0.05, 0.1) is 6.61 Å². The number of esters is 1. The lowest BCUT2D eigenvalue weighted by molar-refractivity contribution is -0.137. The minimum atomic E-state index is -0.289. The highest BCUT2D eigenvalue weighted by Gasteiger charge is 2.05. The molecular weight excluding hydrogens is 226 g/mol. The van der Waals surface area contributed by atoms with Crippen LogP contribution in [-0.2, 0) is 9.53 Å². The van der Waals surface area contributed by atoms with Gasteiger partial charge in [-0.05, 0) is 31.9 Å². The van der Waals surface area contributed by atoms with E-state index in [1.165, 1.54) is 17.2 Å². The lowest BCUT2D eigenvalue weighted by Crippen LogP contribution is -2.19. The SMILES string of the molecule is CCOC(=O)/C=C/CN[C@@H](C)c1ccccc1C.